The van der Waals surface area contributed by atoms with Crippen molar-refractivity contribution >= 4 is 5.91 Å². The van der Waals surface area contributed by atoms with Crippen molar-refractivity contribution in [2.75, 3.05) is 6.54 Å². The Morgan fingerprint density at radius 1 is 0.962 bits per heavy atom. The number of aryl methyl sites for hydroxylation is 2. The summed E-state index contributed by atoms with van der Waals surface area (Å²) >= 11 is 0. The molecule has 0 aliphatic rings. The molecule has 2 heterocycles. The number of nitrogens with zero attached hydrogens (tertiary/aromatic N) is 2. The van der Waals surface area contributed by atoms with Crippen molar-refractivity contribution in [3.05, 3.63) is 90.1 Å². The third-order valence-electron chi connectivity index (χ3n) is 4.37. The monoisotopic (exact) mass is 348 g/mol. The predicted molar refractivity (Wildman–Crippen MR) is 101 cm³/mol. The summed E-state index contributed by atoms with van der Waals surface area (Å²) in [6, 6.07) is 18.1. The van der Waals surface area contributed by atoms with E-state index in [2.05, 4.69) is 29.2 Å². The minimum atomic E-state index is 0.151. The fourth-order valence-corrected chi connectivity index (χ4v) is 2.96. The number of rotatable bonds is 9. The van der Waals surface area contributed by atoms with Crippen LogP contribution in [0.2, 0.25) is 0 Å². The molecular weight excluding hydrogens is 324 g/mol. The Labute approximate surface area is 154 Å². The van der Waals surface area contributed by atoms with Gasteiger partial charge in [0.05, 0.1) is 12.8 Å². The van der Waals surface area contributed by atoms with E-state index in [9.17, 15) is 4.79 Å². The van der Waals surface area contributed by atoms with E-state index in [0.717, 1.165) is 30.7 Å². The van der Waals surface area contributed by atoms with Crippen molar-refractivity contribution in [2.45, 2.75) is 32.2 Å². The number of hydrogen-bond acceptors (Lipinski definition) is 3. The molecule has 4 heteroatoms. The van der Waals surface area contributed by atoms with Gasteiger partial charge in [-0.2, -0.15) is 0 Å². The van der Waals surface area contributed by atoms with E-state index in [-0.39, 0.29) is 5.91 Å². The minimum absolute atomic E-state index is 0.151. The SMILES string of the molecule is O=C(CCc1cccnc1)N(CCCc1ccccc1)Cc1ccco1. The Balaban J connectivity index is 1.55. The van der Waals surface area contributed by atoms with Crippen LogP contribution >= 0.6 is 0 Å². The Bertz CT molecular complexity index is 770. The van der Waals surface area contributed by atoms with Gasteiger partial charge in [0.15, 0.2) is 0 Å². The van der Waals surface area contributed by atoms with Crippen molar-refractivity contribution in [3.63, 3.8) is 0 Å². The van der Waals surface area contributed by atoms with E-state index in [4.69, 9.17) is 4.42 Å². The Morgan fingerprint density at radius 3 is 2.54 bits per heavy atom. The molecule has 0 N–H and O–H groups in total. The molecule has 0 unspecified atom stereocenters. The number of amides is 1. The standard InChI is InChI=1S/C22H24N2O2/c25-22(13-12-20-9-4-14-23-17-20)24(18-21-11-6-16-26-21)15-5-10-19-7-2-1-3-8-19/h1-4,6-9,11,14,16-17H,5,10,12-13,15,18H2. The van der Waals surface area contributed by atoms with Gasteiger partial charge in [-0.05, 0) is 48.6 Å². The first-order valence-electron chi connectivity index (χ1n) is 9.04. The summed E-state index contributed by atoms with van der Waals surface area (Å²) in [5.74, 6) is 0.970. The lowest BCUT2D eigenvalue weighted by atomic mass is 10.1. The highest BCUT2D eigenvalue weighted by molar-refractivity contribution is 5.76. The molecule has 0 radical (unpaired) electrons. The molecule has 26 heavy (non-hydrogen) atoms. The zero-order chi connectivity index (χ0) is 18.0. The van der Waals surface area contributed by atoms with E-state index in [1.807, 2.05) is 41.4 Å². The minimum Gasteiger partial charge on any atom is -0.467 e. The molecule has 2 aromatic heterocycles. The maximum atomic E-state index is 12.7. The molecule has 0 saturated carbocycles. The molecule has 0 saturated heterocycles. The number of furan rings is 1. The highest BCUT2D eigenvalue weighted by Gasteiger charge is 2.15. The van der Waals surface area contributed by atoms with Crippen LogP contribution in [0, 0.1) is 0 Å². The summed E-state index contributed by atoms with van der Waals surface area (Å²) in [5.41, 5.74) is 2.39. The van der Waals surface area contributed by atoms with Gasteiger partial charge in [-0.25, -0.2) is 0 Å². The molecule has 134 valence electrons. The summed E-state index contributed by atoms with van der Waals surface area (Å²) < 4.78 is 5.44. The first kappa shape index (κ1) is 17.9. The van der Waals surface area contributed by atoms with E-state index in [1.165, 1.54) is 5.56 Å². The average Bonchev–Trinajstić information content (AvgIpc) is 3.20. The Hall–Kier alpha value is -2.88. The highest BCUT2D eigenvalue weighted by atomic mass is 16.3. The van der Waals surface area contributed by atoms with Crippen LogP contribution in [-0.2, 0) is 24.2 Å². The summed E-state index contributed by atoms with van der Waals surface area (Å²) in [7, 11) is 0. The van der Waals surface area contributed by atoms with Gasteiger partial charge in [0, 0.05) is 25.4 Å². The van der Waals surface area contributed by atoms with Crippen LogP contribution in [0.15, 0.2) is 77.7 Å². The van der Waals surface area contributed by atoms with Crippen molar-refractivity contribution in [1.82, 2.24) is 9.88 Å². The summed E-state index contributed by atoms with van der Waals surface area (Å²) in [4.78, 5) is 18.8. The molecule has 0 bridgehead atoms. The summed E-state index contributed by atoms with van der Waals surface area (Å²) in [6.07, 6.45) is 8.31. The highest BCUT2D eigenvalue weighted by Crippen LogP contribution is 2.11. The van der Waals surface area contributed by atoms with E-state index in [0.29, 0.717) is 19.4 Å². The maximum absolute atomic E-state index is 12.7. The molecule has 4 nitrogen and oxygen atoms in total. The van der Waals surface area contributed by atoms with Crippen LogP contribution in [0.5, 0.6) is 0 Å². The Morgan fingerprint density at radius 2 is 1.81 bits per heavy atom. The molecule has 1 amide bonds. The summed E-state index contributed by atoms with van der Waals surface area (Å²) in [6.45, 7) is 1.25. The Kier molecular flexibility index (Phi) is 6.59. The quantitative estimate of drug-likeness (QED) is 0.580. The fraction of sp³-hybridized carbons (Fsp3) is 0.273. The maximum Gasteiger partial charge on any atom is 0.223 e. The lowest BCUT2D eigenvalue weighted by molar-refractivity contribution is -0.132. The van der Waals surface area contributed by atoms with Gasteiger partial charge in [-0.3, -0.25) is 9.78 Å². The van der Waals surface area contributed by atoms with E-state index in [1.54, 1.807) is 12.5 Å². The van der Waals surface area contributed by atoms with Crippen molar-refractivity contribution in [3.8, 4) is 0 Å². The molecular formula is C22H24N2O2. The molecule has 0 aliphatic heterocycles. The van der Waals surface area contributed by atoms with Crippen molar-refractivity contribution in [2.24, 2.45) is 0 Å². The van der Waals surface area contributed by atoms with Gasteiger partial charge in [-0.1, -0.05) is 36.4 Å². The molecule has 0 spiro atoms. The van der Waals surface area contributed by atoms with E-state index >= 15 is 0 Å². The number of carbonyl (C=O) groups is 1. The summed E-state index contributed by atoms with van der Waals surface area (Å²) in [5, 5.41) is 0. The predicted octanol–water partition coefficient (Wildman–Crippen LogP) is 4.27. The number of hydrogen-bond donors (Lipinski definition) is 0. The molecule has 3 rings (SSSR count). The van der Waals surface area contributed by atoms with Gasteiger partial charge >= 0.3 is 0 Å². The van der Waals surface area contributed by atoms with Crippen molar-refractivity contribution in [1.29, 1.82) is 0 Å². The second kappa shape index (κ2) is 9.56. The van der Waals surface area contributed by atoms with Crippen LogP contribution in [0.1, 0.15) is 29.7 Å². The molecule has 0 fully saturated rings. The lowest BCUT2D eigenvalue weighted by Crippen LogP contribution is -2.31. The molecule has 3 aromatic rings. The van der Waals surface area contributed by atoms with Crippen LogP contribution < -0.4 is 0 Å². The first-order valence-corrected chi connectivity index (χ1v) is 9.04. The number of benzene rings is 1. The van der Waals surface area contributed by atoms with Crippen LogP contribution in [-0.4, -0.2) is 22.3 Å². The smallest absolute Gasteiger partial charge is 0.223 e. The van der Waals surface area contributed by atoms with Gasteiger partial charge in [-0.15, -0.1) is 0 Å². The van der Waals surface area contributed by atoms with Gasteiger partial charge in [0.1, 0.15) is 5.76 Å². The van der Waals surface area contributed by atoms with Crippen LogP contribution in [0.4, 0.5) is 0 Å². The second-order valence-corrected chi connectivity index (χ2v) is 6.35. The molecule has 0 aliphatic carbocycles. The van der Waals surface area contributed by atoms with Crippen molar-refractivity contribution < 1.29 is 9.21 Å². The number of carbonyl (C=O) groups excluding carboxylic acids is 1. The average molecular weight is 348 g/mol. The number of pyridine rings is 1. The van der Waals surface area contributed by atoms with Gasteiger partial charge in [0.25, 0.3) is 0 Å². The van der Waals surface area contributed by atoms with Crippen LogP contribution in [0.25, 0.3) is 0 Å². The largest absolute Gasteiger partial charge is 0.467 e. The molecule has 1 aromatic carbocycles. The number of aromatic nitrogens is 1. The first-order chi connectivity index (χ1) is 12.8. The molecule has 0 atom stereocenters. The fourth-order valence-electron chi connectivity index (χ4n) is 2.96. The van der Waals surface area contributed by atoms with Crippen LogP contribution in [0.3, 0.4) is 0 Å². The normalized spacial score (nSPS) is 10.6. The third kappa shape index (κ3) is 5.59. The zero-order valence-corrected chi connectivity index (χ0v) is 14.9. The lowest BCUT2D eigenvalue weighted by Gasteiger charge is -2.22. The topological polar surface area (TPSA) is 46.3 Å². The second-order valence-electron chi connectivity index (χ2n) is 6.35. The van der Waals surface area contributed by atoms with Gasteiger partial charge < -0.3 is 9.32 Å². The third-order valence-corrected chi connectivity index (χ3v) is 4.37. The van der Waals surface area contributed by atoms with E-state index < -0.39 is 0 Å². The van der Waals surface area contributed by atoms with Gasteiger partial charge in [0.2, 0.25) is 5.91 Å². The zero-order valence-electron chi connectivity index (χ0n) is 14.9.